The maximum absolute atomic E-state index is 8.93. The predicted molar refractivity (Wildman–Crippen MR) is 70.5 cm³/mol. The molecule has 0 aliphatic carbocycles. The Morgan fingerprint density at radius 1 is 1.50 bits per heavy atom. The van der Waals surface area contributed by atoms with E-state index in [0.29, 0.717) is 5.56 Å². The summed E-state index contributed by atoms with van der Waals surface area (Å²) in [6.45, 7) is 2.84. The fourth-order valence-electron chi connectivity index (χ4n) is 1.29. The second-order valence-corrected chi connectivity index (χ2v) is 4.45. The van der Waals surface area contributed by atoms with Crippen LogP contribution in [0.5, 0.6) is 0 Å². The maximum atomic E-state index is 8.93. The topological polar surface area (TPSA) is 35.8 Å². The van der Waals surface area contributed by atoms with Crippen molar-refractivity contribution in [2.24, 2.45) is 0 Å². The summed E-state index contributed by atoms with van der Waals surface area (Å²) in [4.78, 5) is 0. The summed E-state index contributed by atoms with van der Waals surface area (Å²) in [6, 6.07) is 7.94. The van der Waals surface area contributed by atoms with Crippen LogP contribution in [0.3, 0.4) is 0 Å². The molecular formula is C13H14N2S. The van der Waals surface area contributed by atoms with E-state index in [9.17, 15) is 0 Å². The van der Waals surface area contributed by atoms with E-state index in [-0.39, 0.29) is 0 Å². The van der Waals surface area contributed by atoms with Crippen LogP contribution in [-0.4, -0.2) is 18.1 Å². The molecule has 1 rings (SSSR count). The lowest BCUT2D eigenvalue weighted by molar-refractivity contribution is 1.22. The Labute approximate surface area is 101 Å². The molecule has 0 amide bonds. The summed E-state index contributed by atoms with van der Waals surface area (Å²) >= 11 is 1.71. The zero-order valence-electron chi connectivity index (χ0n) is 9.29. The van der Waals surface area contributed by atoms with Gasteiger partial charge in [0, 0.05) is 12.3 Å². The Bertz CT molecular complexity index is 427. The van der Waals surface area contributed by atoms with Crippen LogP contribution < -0.4 is 5.32 Å². The molecule has 0 aliphatic rings. The number of anilines is 1. The number of nitrogens with one attached hydrogen (secondary N) is 1. The van der Waals surface area contributed by atoms with Gasteiger partial charge in [-0.25, -0.2) is 0 Å². The van der Waals surface area contributed by atoms with E-state index in [1.54, 1.807) is 11.8 Å². The Morgan fingerprint density at radius 2 is 2.31 bits per heavy atom. The Hall–Kier alpha value is -1.58. The van der Waals surface area contributed by atoms with Crippen molar-refractivity contribution in [3.63, 3.8) is 0 Å². The van der Waals surface area contributed by atoms with E-state index in [4.69, 9.17) is 11.7 Å². The first-order valence-corrected chi connectivity index (χ1v) is 6.19. The first kappa shape index (κ1) is 12.5. The third-order valence-corrected chi connectivity index (χ3v) is 2.91. The molecule has 0 saturated carbocycles. The average molecular weight is 230 g/mol. The van der Waals surface area contributed by atoms with Crippen LogP contribution >= 0.6 is 11.8 Å². The smallest absolute Gasteiger partial charge is 0.101 e. The van der Waals surface area contributed by atoms with Crippen molar-refractivity contribution in [3.05, 3.63) is 29.3 Å². The second kappa shape index (κ2) is 6.82. The molecule has 3 heteroatoms. The summed E-state index contributed by atoms with van der Waals surface area (Å²) in [5, 5.41) is 12.2. The molecule has 0 fully saturated rings. The number of aryl methyl sites for hydroxylation is 1. The van der Waals surface area contributed by atoms with Crippen LogP contribution in [0, 0.1) is 30.6 Å². The quantitative estimate of drug-likeness (QED) is 0.624. The van der Waals surface area contributed by atoms with Gasteiger partial charge >= 0.3 is 0 Å². The van der Waals surface area contributed by atoms with Crippen LogP contribution in [0.1, 0.15) is 11.1 Å². The van der Waals surface area contributed by atoms with E-state index >= 15 is 0 Å². The first-order chi connectivity index (χ1) is 7.77. The van der Waals surface area contributed by atoms with Crippen molar-refractivity contribution in [3.8, 4) is 18.4 Å². The summed E-state index contributed by atoms with van der Waals surface area (Å²) in [5.41, 5.74) is 2.74. The molecule has 0 heterocycles. The Morgan fingerprint density at radius 3 is 3.00 bits per heavy atom. The largest absolute Gasteiger partial charge is 0.383 e. The highest BCUT2D eigenvalue weighted by Gasteiger charge is 2.00. The van der Waals surface area contributed by atoms with E-state index in [1.165, 1.54) is 0 Å². The third-order valence-electron chi connectivity index (χ3n) is 2.04. The van der Waals surface area contributed by atoms with Crippen LogP contribution in [-0.2, 0) is 0 Å². The molecule has 0 atom stereocenters. The summed E-state index contributed by atoms with van der Waals surface area (Å²) in [7, 11) is 0. The van der Waals surface area contributed by atoms with Gasteiger partial charge in [0.15, 0.2) is 0 Å². The fraction of sp³-hybridized carbons (Fsp3) is 0.308. The number of nitrogens with zero attached hydrogens (tertiary/aromatic N) is 1. The van der Waals surface area contributed by atoms with Crippen molar-refractivity contribution in [2.75, 3.05) is 23.4 Å². The van der Waals surface area contributed by atoms with Crippen LogP contribution in [0.2, 0.25) is 0 Å². The number of hydrogen-bond donors (Lipinski definition) is 1. The molecule has 0 aromatic heterocycles. The Balaban J connectivity index is 2.50. The van der Waals surface area contributed by atoms with Gasteiger partial charge in [-0.1, -0.05) is 12.0 Å². The number of nitriles is 1. The van der Waals surface area contributed by atoms with Crippen LogP contribution in [0.4, 0.5) is 5.69 Å². The van der Waals surface area contributed by atoms with Gasteiger partial charge < -0.3 is 5.32 Å². The van der Waals surface area contributed by atoms with Gasteiger partial charge in [0.2, 0.25) is 0 Å². The molecule has 0 bridgehead atoms. The number of terminal acetylenes is 1. The van der Waals surface area contributed by atoms with Gasteiger partial charge in [-0.3, -0.25) is 0 Å². The van der Waals surface area contributed by atoms with E-state index < -0.39 is 0 Å². The summed E-state index contributed by atoms with van der Waals surface area (Å²) < 4.78 is 0. The highest BCUT2D eigenvalue weighted by Crippen LogP contribution is 2.16. The van der Waals surface area contributed by atoms with Crippen LogP contribution in [0.15, 0.2) is 18.2 Å². The number of thioether (sulfide) groups is 1. The minimum atomic E-state index is 0.688. The van der Waals surface area contributed by atoms with Crippen molar-refractivity contribution >= 4 is 17.4 Å². The van der Waals surface area contributed by atoms with E-state index in [1.807, 2.05) is 25.1 Å². The SMILES string of the molecule is C#CCSCCNc1cc(C)ccc1C#N. The lowest BCUT2D eigenvalue weighted by Gasteiger charge is -2.08. The van der Waals surface area contributed by atoms with Crippen molar-refractivity contribution in [1.29, 1.82) is 5.26 Å². The average Bonchev–Trinajstić information content (AvgIpc) is 2.29. The summed E-state index contributed by atoms with van der Waals surface area (Å²) in [5.74, 6) is 4.27. The first-order valence-electron chi connectivity index (χ1n) is 5.03. The minimum absolute atomic E-state index is 0.688. The molecule has 1 aromatic rings. The minimum Gasteiger partial charge on any atom is -0.383 e. The van der Waals surface area contributed by atoms with Crippen LogP contribution in [0.25, 0.3) is 0 Å². The monoisotopic (exact) mass is 230 g/mol. The molecule has 82 valence electrons. The lowest BCUT2D eigenvalue weighted by Crippen LogP contribution is -2.06. The molecule has 1 N–H and O–H groups in total. The maximum Gasteiger partial charge on any atom is 0.101 e. The highest BCUT2D eigenvalue weighted by atomic mass is 32.2. The van der Waals surface area contributed by atoms with Gasteiger partial charge in [0.25, 0.3) is 0 Å². The number of benzene rings is 1. The van der Waals surface area contributed by atoms with Gasteiger partial charge in [0.05, 0.1) is 17.0 Å². The summed E-state index contributed by atoms with van der Waals surface area (Å²) in [6.07, 6.45) is 5.15. The van der Waals surface area contributed by atoms with E-state index in [2.05, 4.69) is 17.3 Å². The molecule has 0 saturated heterocycles. The second-order valence-electron chi connectivity index (χ2n) is 3.34. The fourth-order valence-corrected chi connectivity index (χ4v) is 1.80. The van der Waals surface area contributed by atoms with Gasteiger partial charge in [-0.15, -0.1) is 18.2 Å². The molecule has 2 nitrogen and oxygen atoms in total. The number of rotatable bonds is 5. The van der Waals surface area contributed by atoms with Crippen molar-refractivity contribution in [1.82, 2.24) is 0 Å². The highest BCUT2D eigenvalue weighted by molar-refractivity contribution is 7.99. The molecule has 0 aliphatic heterocycles. The normalized spacial score (nSPS) is 9.19. The van der Waals surface area contributed by atoms with Gasteiger partial charge in [-0.05, 0) is 24.6 Å². The molecule has 1 aromatic carbocycles. The van der Waals surface area contributed by atoms with Crippen molar-refractivity contribution < 1.29 is 0 Å². The van der Waals surface area contributed by atoms with E-state index in [0.717, 1.165) is 29.3 Å². The molecule has 0 unspecified atom stereocenters. The van der Waals surface area contributed by atoms with Gasteiger partial charge in [-0.2, -0.15) is 5.26 Å². The number of hydrogen-bond acceptors (Lipinski definition) is 3. The zero-order chi connectivity index (χ0) is 11.8. The molecule has 0 radical (unpaired) electrons. The van der Waals surface area contributed by atoms with Crippen molar-refractivity contribution in [2.45, 2.75) is 6.92 Å². The predicted octanol–water partition coefficient (Wildman–Crippen LogP) is 2.65. The third kappa shape index (κ3) is 3.88. The molecular weight excluding hydrogens is 216 g/mol. The molecule has 0 spiro atoms. The lowest BCUT2D eigenvalue weighted by atomic mass is 10.1. The Kier molecular flexibility index (Phi) is 5.32. The zero-order valence-corrected chi connectivity index (χ0v) is 10.1. The van der Waals surface area contributed by atoms with Gasteiger partial charge in [0.1, 0.15) is 6.07 Å². The standard InChI is InChI=1S/C13H14N2S/c1-3-7-16-8-6-15-13-9-11(2)4-5-12(13)10-14/h1,4-5,9,15H,6-8H2,2H3. The molecule has 16 heavy (non-hydrogen) atoms.